The fourth-order valence-corrected chi connectivity index (χ4v) is 0.971. The van der Waals surface area contributed by atoms with Crippen LogP contribution in [-0.2, 0) is 10.3 Å². The molecule has 1 unspecified atom stereocenters. The van der Waals surface area contributed by atoms with Gasteiger partial charge in [0.2, 0.25) is 0 Å². The van der Waals surface area contributed by atoms with E-state index in [1.165, 1.54) is 13.0 Å². The van der Waals surface area contributed by atoms with Crippen LogP contribution in [-0.4, -0.2) is 16.1 Å². The summed E-state index contributed by atoms with van der Waals surface area (Å²) in [4.78, 5) is 14.6. The van der Waals surface area contributed by atoms with Gasteiger partial charge in [-0.15, -0.1) is 0 Å². The SMILES string of the molecule is CC(N)(C(=O)O)c1cccc(Cl)n1. The second-order valence-corrected chi connectivity index (χ2v) is 3.24. The quantitative estimate of drug-likeness (QED) is 0.699. The normalized spacial score (nSPS) is 15.0. The molecule has 0 aromatic carbocycles. The minimum Gasteiger partial charge on any atom is -0.480 e. The topological polar surface area (TPSA) is 76.2 Å². The molecule has 1 atom stereocenters. The first-order valence-electron chi connectivity index (χ1n) is 3.60. The Labute approximate surface area is 80.3 Å². The first kappa shape index (κ1) is 9.95. The van der Waals surface area contributed by atoms with Crippen LogP contribution in [0.4, 0.5) is 0 Å². The second kappa shape index (κ2) is 3.32. The minimum atomic E-state index is -1.50. The third kappa shape index (κ3) is 1.96. The van der Waals surface area contributed by atoms with Gasteiger partial charge in [-0.05, 0) is 19.1 Å². The highest BCUT2D eigenvalue weighted by atomic mass is 35.5. The second-order valence-electron chi connectivity index (χ2n) is 2.85. The van der Waals surface area contributed by atoms with Gasteiger partial charge < -0.3 is 10.8 Å². The number of rotatable bonds is 2. The van der Waals surface area contributed by atoms with Crippen molar-refractivity contribution in [3.05, 3.63) is 29.0 Å². The Kier molecular flexibility index (Phi) is 2.54. The van der Waals surface area contributed by atoms with Crippen molar-refractivity contribution < 1.29 is 9.90 Å². The predicted molar refractivity (Wildman–Crippen MR) is 48.4 cm³/mol. The Morgan fingerprint density at radius 1 is 1.69 bits per heavy atom. The smallest absolute Gasteiger partial charge is 0.329 e. The van der Waals surface area contributed by atoms with E-state index in [9.17, 15) is 4.79 Å². The van der Waals surface area contributed by atoms with Gasteiger partial charge in [0.1, 0.15) is 5.15 Å². The van der Waals surface area contributed by atoms with E-state index in [1.54, 1.807) is 12.1 Å². The predicted octanol–water partition coefficient (Wildman–Crippen LogP) is 0.994. The van der Waals surface area contributed by atoms with E-state index in [4.69, 9.17) is 22.4 Å². The summed E-state index contributed by atoms with van der Waals surface area (Å²) in [5.41, 5.74) is 4.28. The number of aliphatic carboxylic acids is 1. The third-order valence-electron chi connectivity index (χ3n) is 1.69. The van der Waals surface area contributed by atoms with Crippen LogP contribution in [0.1, 0.15) is 12.6 Å². The van der Waals surface area contributed by atoms with Gasteiger partial charge in [0, 0.05) is 0 Å². The Balaban J connectivity index is 3.14. The Hall–Kier alpha value is -1.13. The molecule has 0 spiro atoms. The van der Waals surface area contributed by atoms with Crippen molar-refractivity contribution in [3.8, 4) is 0 Å². The van der Waals surface area contributed by atoms with Crippen LogP contribution in [0.3, 0.4) is 0 Å². The number of carbonyl (C=O) groups is 1. The molecule has 0 saturated carbocycles. The zero-order valence-electron chi connectivity index (χ0n) is 6.99. The number of nitrogens with two attached hydrogens (primary N) is 1. The van der Waals surface area contributed by atoms with E-state index in [0.29, 0.717) is 0 Å². The summed E-state index contributed by atoms with van der Waals surface area (Å²) in [5, 5.41) is 9.01. The van der Waals surface area contributed by atoms with Gasteiger partial charge >= 0.3 is 5.97 Å². The number of hydrogen-bond acceptors (Lipinski definition) is 3. The molecule has 0 amide bonds. The van der Waals surface area contributed by atoms with Crippen LogP contribution in [0.5, 0.6) is 0 Å². The first-order valence-corrected chi connectivity index (χ1v) is 3.97. The summed E-state index contributed by atoms with van der Waals surface area (Å²) in [6.45, 7) is 1.37. The lowest BCUT2D eigenvalue weighted by atomic mass is 9.99. The maximum absolute atomic E-state index is 10.7. The van der Waals surface area contributed by atoms with E-state index < -0.39 is 11.5 Å². The number of nitrogens with zero attached hydrogens (tertiary/aromatic N) is 1. The highest BCUT2D eigenvalue weighted by molar-refractivity contribution is 6.29. The molecular formula is C8H9ClN2O2. The van der Waals surface area contributed by atoms with E-state index in [0.717, 1.165) is 0 Å². The average molecular weight is 201 g/mol. The number of hydrogen-bond donors (Lipinski definition) is 2. The highest BCUT2D eigenvalue weighted by Gasteiger charge is 2.31. The molecule has 0 aliphatic heterocycles. The molecule has 1 heterocycles. The largest absolute Gasteiger partial charge is 0.480 e. The molecule has 0 aliphatic rings. The number of aromatic nitrogens is 1. The summed E-state index contributed by atoms with van der Waals surface area (Å²) in [7, 11) is 0. The molecule has 0 saturated heterocycles. The summed E-state index contributed by atoms with van der Waals surface area (Å²) in [6.07, 6.45) is 0. The van der Waals surface area contributed by atoms with E-state index >= 15 is 0 Å². The zero-order chi connectivity index (χ0) is 10.1. The zero-order valence-corrected chi connectivity index (χ0v) is 7.75. The molecule has 0 fully saturated rings. The average Bonchev–Trinajstić information content (AvgIpc) is 2.04. The van der Waals surface area contributed by atoms with E-state index in [1.807, 2.05) is 0 Å². The Bertz CT molecular complexity index is 339. The lowest BCUT2D eigenvalue weighted by molar-refractivity contribution is -0.143. The first-order chi connectivity index (χ1) is 5.94. The van der Waals surface area contributed by atoms with Crippen LogP contribution >= 0.6 is 11.6 Å². The molecule has 5 heteroatoms. The maximum Gasteiger partial charge on any atom is 0.329 e. The molecule has 1 rings (SSSR count). The van der Waals surface area contributed by atoms with Crippen LogP contribution in [0.15, 0.2) is 18.2 Å². The van der Waals surface area contributed by atoms with Crippen molar-refractivity contribution in [3.63, 3.8) is 0 Å². The number of halogens is 1. The van der Waals surface area contributed by atoms with Gasteiger partial charge in [-0.25, -0.2) is 9.78 Å². The molecule has 4 nitrogen and oxygen atoms in total. The molecule has 13 heavy (non-hydrogen) atoms. The fraction of sp³-hybridized carbons (Fsp3) is 0.250. The molecule has 1 aromatic rings. The lowest BCUT2D eigenvalue weighted by Gasteiger charge is -2.18. The summed E-state index contributed by atoms with van der Waals surface area (Å²) in [6, 6.07) is 4.70. The lowest BCUT2D eigenvalue weighted by Crippen LogP contribution is -2.42. The van der Waals surface area contributed by atoms with Crippen LogP contribution < -0.4 is 5.73 Å². The molecular weight excluding hydrogens is 192 g/mol. The summed E-state index contributed by atoms with van der Waals surface area (Å²) >= 11 is 5.60. The number of pyridine rings is 1. The summed E-state index contributed by atoms with van der Waals surface area (Å²) < 4.78 is 0. The van der Waals surface area contributed by atoms with Gasteiger partial charge in [0.15, 0.2) is 5.54 Å². The van der Waals surface area contributed by atoms with Crippen LogP contribution in [0.2, 0.25) is 5.15 Å². The highest BCUT2D eigenvalue weighted by Crippen LogP contribution is 2.17. The van der Waals surface area contributed by atoms with Crippen LogP contribution in [0.25, 0.3) is 0 Å². The molecule has 1 aromatic heterocycles. The minimum absolute atomic E-state index is 0.232. The monoisotopic (exact) mass is 200 g/mol. The van der Waals surface area contributed by atoms with Gasteiger partial charge in [-0.3, -0.25) is 0 Å². The number of carboxylic acids is 1. The molecule has 0 radical (unpaired) electrons. The summed E-state index contributed by atoms with van der Waals surface area (Å²) in [5.74, 6) is -1.14. The van der Waals surface area contributed by atoms with Crippen molar-refractivity contribution in [1.29, 1.82) is 0 Å². The molecule has 70 valence electrons. The van der Waals surface area contributed by atoms with E-state index in [-0.39, 0.29) is 10.8 Å². The van der Waals surface area contributed by atoms with Gasteiger partial charge in [-0.1, -0.05) is 17.7 Å². The molecule has 0 bridgehead atoms. The van der Waals surface area contributed by atoms with Crippen LogP contribution in [0, 0.1) is 0 Å². The molecule has 0 aliphatic carbocycles. The number of carboxylic acid groups (broad SMARTS) is 1. The van der Waals surface area contributed by atoms with Gasteiger partial charge in [-0.2, -0.15) is 0 Å². The van der Waals surface area contributed by atoms with Crippen molar-refractivity contribution in [2.75, 3.05) is 0 Å². The van der Waals surface area contributed by atoms with Crippen molar-refractivity contribution in [1.82, 2.24) is 4.98 Å². The third-order valence-corrected chi connectivity index (χ3v) is 1.90. The Morgan fingerprint density at radius 2 is 2.31 bits per heavy atom. The standard InChI is InChI=1S/C8H9ClN2O2/c1-8(10,7(12)13)5-3-2-4-6(9)11-5/h2-4H,10H2,1H3,(H,12,13). The van der Waals surface area contributed by atoms with Gasteiger partial charge in [0.25, 0.3) is 0 Å². The van der Waals surface area contributed by atoms with Crippen molar-refractivity contribution >= 4 is 17.6 Å². The Morgan fingerprint density at radius 3 is 2.77 bits per heavy atom. The van der Waals surface area contributed by atoms with Crippen molar-refractivity contribution in [2.24, 2.45) is 5.73 Å². The van der Waals surface area contributed by atoms with Crippen molar-refractivity contribution in [2.45, 2.75) is 12.5 Å². The molecule has 3 N–H and O–H groups in total. The maximum atomic E-state index is 10.7. The van der Waals surface area contributed by atoms with Gasteiger partial charge in [0.05, 0.1) is 5.69 Å². The van der Waals surface area contributed by atoms with E-state index in [2.05, 4.69) is 4.98 Å². The fourth-order valence-electron chi connectivity index (χ4n) is 0.807.